The van der Waals surface area contributed by atoms with Crippen LogP contribution in [0.5, 0.6) is 0 Å². The van der Waals surface area contributed by atoms with Gasteiger partial charge in [-0.05, 0) is 11.6 Å². The Morgan fingerprint density at radius 1 is 1.14 bits per heavy atom. The highest BCUT2D eigenvalue weighted by molar-refractivity contribution is 7.94. The summed E-state index contributed by atoms with van der Waals surface area (Å²) < 4.78 is 29.1. The third kappa shape index (κ3) is 4.95. The Morgan fingerprint density at radius 3 is 2.43 bits per heavy atom. The van der Waals surface area contributed by atoms with E-state index in [1.807, 2.05) is 30.3 Å². The first-order chi connectivity index (χ1) is 13.3. The highest BCUT2D eigenvalue weighted by Gasteiger charge is 2.30. The third-order valence-corrected chi connectivity index (χ3v) is 5.57. The third-order valence-electron chi connectivity index (χ3n) is 4.19. The molecule has 0 bridgehead atoms. The van der Waals surface area contributed by atoms with Crippen LogP contribution in [0.15, 0.2) is 66.3 Å². The standard InChI is InChI=1S/C19H18N2O6S/c22-18(13-27-19(23)16-6-9-20(24)10-7-16)21(12-15-4-2-1-3-5-15)17-8-11-28(25,26)14-17/h1-11,17H,12-14H2/t17-/m1/s1. The zero-order valence-electron chi connectivity index (χ0n) is 14.8. The van der Waals surface area contributed by atoms with Crippen LogP contribution in [0.2, 0.25) is 0 Å². The molecule has 1 aliphatic heterocycles. The summed E-state index contributed by atoms with van der Waals surface area (Å²) in [6.07, 6.45) is 3.75. The summed E-state index contributed by atoms with van der Waals surface area (Å²) >= 11 is 0. The van der Waals surface area contributed by atoms with Gasteiger partial charge in [0.15, 0.2) is 28.8 Å². The van der Waals surface area contributed by atoms with Crippen LogP contribution in [0.3, 0.4) is 0 Å². The van der Waals surface area contributed by atoms with Gasteiger partial charge in [-0.1, -0.05) is 30.3 Å². The van der Waals surface area contributed by atoms with Crippen LogP contribution >= 0.6 is 0 Å². The Hall–Kier alpha value is -3.20. The topological polar surface area (TPSA) is 108 Å². The molecule has 1 amide bonds. The molecule has 0 fully saturated rings. The normalized spacial score (nSPS) is 17.2. The number of carbonyl (C=O) groups is 2. The minimum Gasteiger partial charge on any atom is -0.619 e. The Balaban J connectivity index is 1.70. The van der Waals surface area contributed by atoms with Gasteiger partial charge in [-0.25, -0.2) is 13.2 Å². The average molecular weight is 402 g/mol. The van der Waals surface area contributed by atoms with Crippen molar-refractivity contribution >= 4 is 21.7 Å². The van der Waals surface area contributed by atoms with E-state index in [0.29, 0.717) is 4.73 Å². The fourth-order valence-electron chi connectivity index (χ4n) is 2.77. The molecule has 1 aliphatic rings. The van der Waals surface area contributed by atoms with Gasteiger partial charge in [0.1, 0.15) is 0 Å². The highest BCUT2D eigenvalue weighted by atomic mass is 32.2. The number of esters is 1. The predicted molar refractivity (Wildman–Crippen MR) is 99.4 cm³/mol. The van der Waals surface area contributed by atoms with Crippen molar-refractivity contribution in [1.82, 2.24) is 4.90 Å². The van der Waals surface area contributed by atoms with Crippen LogP contribution in [-0.2, 0) is 25.9 Å². The first-order valence-electron chi connectivity index (χ1n) is 8.44. The van der Waals surface area contributed by atoms with E-state index >= 15 is 0 Å². The molecule has 28 heavy (non-hydrogen) atoms. The summed E-state index contributed by atoms with van der Waals surface area (Å²) in [5.74, 6) is -1.47. The SMILES string of the molecule is O=C(OCC(=O)N(Cc1ccccc1)[C@@H]1C=CS(=O)(=O)C1)c1cc[n+]([O-])cc1. The van der Waals surface area contributed by atoms with Gasteiger partial charge < -0.3 is 14.8 Å². The van der Waals surface area contributed by atoms with Gasteiger partial charge >= 0.3 is 5.97 Å². The largest absolute Gasteiger partial charge is 0.619 e. The van der Waals surface area contributed by atoms with Crippen molar-refractivity contribution in [3.63, 3.8) is 0 Å². The molecule has 1 atom stereocenters. The van der Waals surface area contributed by atoms with Gasteiger partial charge in [0.05, 0.1) is 17.4 Å². The van der Waals surface area contributed by atoms with Gasteiger partial charge in [0, 0.05) is 24.1 Å². The predicted octanol–water partition coefficient (Wildman–Crippen LogP) is 0.816. The molecular weight excluding hydrogens is 384 g/mol. The number of rotatable bonds is 6. The molecule has 2 heterocycles. The lowest BCUT2D eigenvalue weighted by atomic mass is 10.2. The smallest absolute Gasteiger partial charge is 0.339 e. The van der Waals surface area contributed by atoms with Crippen LogP contribution in [0.1, 0.15) is 15.9 Å². The lowest BCUT2D eigenvalue weighted by Crippen LogP contribution is -2.42. The maximum absolute atomic E-state index is 12.7. The Kier molecular flexibility index (Phi) is 5.74. The second-order valence-corrected chi connectivity index (χ2v) is 8.19. The van der Waals surface area contributed by atoms with E-state index in [-0.39, 0.29) is 17.9 Å². The molecule has 1 aromatic heterocycles. The molecule has 0 N–H and O–H groups in total. The monoisotopic (exact) mass is 402 g/mol. The van der Waals surface area contributed by atoms with Crippen LogP contribution in [0.25, 0.3) is 0 Å². The lowest BCUT2D eigenvalue weighted by Gasteiger charge is -2.27. The number of aromatic nitrogens is 1. The second-order valence-electron chi connectivity index (χ2n) is 6.26. The first-order valence-corrected chi connectivity index (χ1v) is 10.2. The van der Waals surface area contributed by atoms with Crippen molar-refractivity contribution in [1.29, 1.82) is 0 Å². The number of amides is 1. The van der Waals surface area contributed by atoms with Gasteiger partial charge in [-0.2, -0.15) is 4.73 Å². The van der Waals surface area contributed by atoms with Crippen molar-refractivity contribution < 1.29 is 27.5 Å². The summed E-state index contributed by atoms with van der Waals surface area (Å²) in [7, 11) is -3.36. The summed E-state index contributed by atoms with van der Waals surface area (Å²) in [4.78, 5) is 26.1. The number of carbonyl (C=O) groups excluding carboxylic acids is 2. The van der Waals surface area contributed by atoms with E-state index in [2.05, 4.69) is 0 Å². The van der Waals surface area contributed by atoms with Crippen molar-refractivity contribution in [3.05, 3.63) is 82.7 Å². The maximum atomic E-state index is 12.7. The van der Waals surface area contributed by atoms with Crippen LogP contribution in [0.4, 0.5) is 0 Å². The van der Waals surface area contributed by atoms with Crippen molar-refractivity contribution in [3.8, 4) is 0 Å². The minimum atomic E-state index is -3.36. The quantitative estimate of drug-likeness (QED) is 0.402. The summed E-state index contributed by atoms with van der Waals surface area (Å²) in [6.45, 7) is -0.356. The first kappa shape index (κ1) is 19.6. The lowest BCUT2D eigenvalue weighted by molar-refractivity contribution is -0.605. The maximum Gasteiger partial charge on any atom is 0.339 e. The number of pyridine rings is 1. The molecule has 0 aliphatic carbocycles. The van der Waals surface area contributed by atoms with Crippen LogP contribution in [0, 0.1) is 5.21 Å². The van der Waals surface area contributed by atoms with Gasteiger partial charge in [0.25, 0.3) is 5.91 Å². The van der Waals surface area contributed by atoms with Crippen molar-refractivity contribution in [2.45, 2.75) is 12.6 Å². The summed E-state index contributed by atoms with van der Waals surface area (Å²) in [6, 6.07) is 11.1. The molecule has 0 saturated carbocycles. The van der Waals surface area contributed by atoms with E-state index in [4.69, 9.17) is 4.74 Å². The molecule has 2 aromatic rings. The number of sulfone groups is 1. The van der Waals surface area contributed by atoms with E-state index in [1.165, 1.54) is 23.1 Å². The number of nitrogens with zero attached hydrogens (tertiary/aromatic N) is 2. The minimum absolute atomic E-state index is 0.137. The molecule has 0 unspecified atom stereocenters. The molecular formula is C19H18N2O6S. The number of hydrogen-bond acceptors (Lipinski definition) is 6. The summed E-state index contributed by atoms with van der Waals surface area (Å²) in [5.41, 5.74) is 0.959. The van der Waals surface area contributed by atoms with Crippen LogP contribution in [-0.4, -0.2) is 43.6 Å². The molecule has 3 rings (SSSR count). The van der Waals surface area contributed by atoms with Gasteiger partial charge in [-0.3, -0.25) is 4.79 Å². The Bertz CT molecular complexity index is 987. The Labute approximate surface area is 162 Å². The fraction of sp³-hybridized carbons (Fsp3) is 0.211. The molecule has 146 valence electrons. The fourth-order valence-corrected chi connectivity index (χ4v) is 4.07. The van der Waals surface area contributed by atoms with E-state index in [0.717, 1.165) is 23.4 Å². The van der Waals surface area contributed by atoms with E-state index < -0.39 is 34.4 Å². The Morgan fingerprint density at radius 2 is 1.82 bits per heavy atom. The van der Waals surface area contributed by atoms with Gasteiger partial charge in [0.2, 0.25) is 0 Å². The van der Waals surface area contributed by atoms with Crippen LogP contribution < -0.4 is 4.73 Å². The van der Waals surface area contributed by atoms with Gasteiger partial charge in [-0.15, -0.1) is 0 Å². The zero-order valence-corrected chi connectivity index (χ0v) is 15.6. The molecule has 0 radical (unpaired) electrons. The number of benzene rings is 1. The van der Waals surface area contributed by atoms with Crippen molar-refractivity contribution in [2.75, 3.05) is 12.4 Å². The average Bonchev–Trinajstić information content (AvgIpc) is 3.04. The van der Waals surface area contributed by atoms with Crippen molar-refractivity contribution in [2.24, 2.45) is 0 Å². The molecule has 1 aromatic carbocycles. The molecule has 8 nitrogen and oxygen atoms in total. The second kappa shape index (κ2) is 8.22. The zero-order chi connectivity index (χ0) is 20.1. The number of hydrogen-bond donors (Lipinski definition) is 0. The van der Waals surface area contributed by atoms with E-state index in [1.54, 1.807) is 0 Å². The highest BCUT2D eigenvalue weighted by Crippen LogP contribution is 2.18. The molecule has 0 spiro atoms. The molecule has 0 saturated heterocycles. The van der Waals surface area contributed by atoms with E-state index in [9.17, 15) is 23.2 Å². The molecule has 9 heteroatoms. The number of ether oxygens (including phenoxy) is 1. The summed E-state index contributed by atoms with van der Waals surface area (Å²) in [5, 5.41) is 12.1.